The summed E-state index contributed by atoms with van der Waals surface area (Å²) < 4.78 is 1.45. The quantitative estimate of drug-likeness (QED) is 0.556. The minimum atomic E-state index is -0.578. The Kier molecular flexibility index (Phi) is 1.18. The number of hydrogen-bond donors (Lipinski definition) is 2. The second-order valence-corrected chi connectivity index (χ2v) is 2.47. The van der Waals surface area contributed by atoms with Crippen molar-refractivity contribution in [3.63, 3.8) is 0 Å². The van der Waals surface area contributed by atoms with E-state index in [1.807, 2.05) is 0 Å². The summed E-state index contributed by atoms with van der Waals surface area (Å²) in [5.74, 6) is -0.375. The van der Waals surface area contributed by atoms with Crippen LogP contribution in [0.4, 0.5) is 5.95 Å². The molecule has 0 bridgehead atoms. The highest BCUT2D eigenvalue weighted by atomic mass is 16.2. The van der Waals surface area contributed by atoms with Crippen molar-refractivity contribution in [2.45, 2.75) is 6.54 Å². The van der Waals surface area contributed by atoms with Gasteiger partial charge in [-0.1, -0.05) is 0 Å². The molecule has 0 aliphatic carbocycles. The fraction of sp³-hybridized carbons (Fsp3) is 0.167. The van der Waals surface area contributed by atoms with Crippen molar-refractivity contribution in [2.24, 2.45) is 5.73 Å². The largest absolute Gasteiger partial charge is 0.364 e. The molecule has 0 atom stereocenters. The highest BCUT2D eigenvalue weighted by molar-refractivity contribution is 5.97. The minimum absolute atomic E-state index is 0.119. The molecule has 0 aromatic carbocycles. The number of carbonyl (C=O) groups excluding carboxylic acids is 2. The highest BCUT2D eigenvalue weighted by Gasteiger charge is 2.23. The summed E-state index contributed by atoms with van der Waals surface area (Å²) in [6, 6.07) is 0. The molecule has 1 aromatic rings. The van der Waals surface area contributed by atoms with Gasteiger partial charge in [-0.05, 0) is 0 Å². The zero-order chi connectivity index (χ0) is 8.72. The molecule has 6 heteroatoms. The number of nitrogens with zero attached hydrogens (tertiary/aromatic N) is 2. The van der Waals surface area contributed by atoms with Crippen LogP contribution in [0.2, 0.25) is 0 Å². The van der Waals surface area contributed by atoms with Crippen molar-refractivity contribution in [3.8, 4) is 0 Å². The molecule has 0 radical (unpaired) electrons. The summed E-state index contributed by atoms with van der Waals surface area (Å²) in [6.07, 6.45) is 1.34. The van der Waals surface area contributed by atoms with E-state index in [1.54, 1.807) is 0 Å². The number of rotatable bonds is 1. The highest BCUT2D eigenvalue weighted by Crippen LogP contribution is 2.15. The topological polar surface area (TPSA) is 90.0 Å². The van der Waals surface area contributed by atoms with E-state index >= 15 is 0 Å². The van der Waals surface area contributed by atoms with Gasteiger partial charge in [0.25, 0.3) is 5.91 Å². The van der Waals surface area contributed by atoms with Gasteiger partial charge in [0.05, 0.1) is 6.20 Å². The lowest BCUT2D eigenvalue weighted by Gasteiger charge is -1.95. The third kappa shape index (κ3) is 0.777. The zero-order valence-corrected chi connectivity index (χ0v) is 6.07. The Bertz CT molecular complexity index is 368. The maximum Gasteiger partial charge on any atom is 0.267 e. The van der Waals surface area contributed by atoms with Crippen molar-refractivity contribution in [1.29, 1.82) is 0 Å². The van der Waals surface area contributed by atoms with Crippen LogP contribution in [0.3, 0.4) is 0 Å². The number of nitrogens with one attached hydrogen (secondary N) is 1. The Balaban J connectivity index is 2.50. The molecule has 1 aromatic heterocycles. The van der Waals surface area contributed by atoms with Crippen molar-refractivity contribution in [2.75, 3.05) is 5.32 Å². The van der Waals surface area contributed by atoms with Crippen LogP contribution in [0.25, 0.3) is 0 Å². The first kappa shape index (κ1) is 6.84. The van der Waals surface area contributed by atoms with Crippen LogP contribution < -0.4 is 11.1 Å². The number of carbonyl (C=O) groups is 2. The van der Waals surface area contributed by atoms with E-state index in [0.29, 0.717) is 5.95 Å². The summed E-state index contributed by atoms with van der Waals surface area (Å²) in [5.41, 5.74) is 5.29. The lowest BCUT2D eigenvalue weighted by molar-refractivity contribution is -0.115. The van der Waals surface area contributed by atoms with Crippen molar-refractivity contribution in [1.82, 2.24) is 9.55 Å². The first-order valence-corrected chi connectivity index (χ1v) is 3.33. The van der Waals surface area contributed by atoms with E-state index in [-0.39, 0.29) is 18.1 Å². The van der Waals surface area contributed by atoms with Gasteiger partial charge in [0.2, 0.25) is 11.9 Å². The fourth-order valence-corrected chi connectivity index (χ4v) is 1.14. The lowest BCUT2D eigenvalue weighted by atomic mass is 10.4. The van der Waals surface area contributed by atoms with Gasteiger partial charge in [0, 0.05) is 0 Å². The molecule has 2 amide bonds. The monoisotopic (exact) mass is 166 g/mol. The summed E-state index contributed by atoms with van der Waals surface area (Å²) in [7, 11) is 0. The van der Waals surface area contributed by atoms with E-state index in [0.717, 1.165) is 0 Å². The van der Waals surface area contributed by atoms with Gasteiger partial charge in [-0.15, -0.1) is 0 Å². The van der Waals surface area contributed by atoms with Gasteiger partial charge in [-0.2, -0.15) is 0 Å². The number of imidazole rings is 1. The van der Waals surface area contributed by atoms with Crippen molar-refractivity contribution < 1.29 is 9.59 Å². The third-order valence-corrected chi connectivity index (χ3v) is 1.66. The molecule has 1 aliphatic rings. The Morgan fingerprint density at radius 1 is 1.75 bits per heavy atom. The molecular weight excluding hydrogens is 160 g/mol. The van der Waals surface area contributed by atoms with E-state index in [4.69, 9.17) is 5.73 Å². The van der Waals surface area contributed by atoms with E-state index in [1.165, 1.54) is 10.8 Å². The molecule has 2 rings (SSSR count). The second kappa shape index (κ2) is 2.07. The molecule has 3 N–H and O–H groups in total. The first-order chi connectivity index (χ1) is 5.68. The SMILES string of the molecule is NC(=O)c1cnc2n1CC(=O)N2. The van der Waals surface area contributed by atoms with Crippen LogP contribution >= 0.6 is 0 Å². The normalized spacial score (nSPS) is 14.2. The molecule has 0 saturated carbocycles. The smallest absolute Gasteiger partial charge is 0.267 e. The molecule has 0 fully saturated rings. The first-order valence-electron chi connectivity index (χ1n) is 3.33. The minimum Gasteiger partial charge on any atom is -0.364 e. The van der Waals surface area contributed by atoms with Gasteiger partial charge in [-0.25, -0.2) is 4.98 Å². The summed E-state index contributed by atoms with van der Waals surface area (Å²) >= 11 is 0. The molecule has 0 saturated heterocycles. The molecule has 0 spiro atoms. The maximum atomic E-state index is 10.8. The van der Waals surface area contributed by atoms with Crippen molar-refractivity contribution in [3.05, 3.63) is 11.9 Å². The Morgan fingerprint density at radius 3 is 3.17 bits per heavy atom. The predicted molar refractivity (Wildman–Crippen MR) is 39.4 cm³/mol. The van der Waals surface area contributed by atoms with Crippen LogP contribution in [0.15, 0.2) is 6.20 Å². The van der Waals surface area contributed by atoms with Crippen LogP contribution in [0.5, 0.6) is 0 Å². The van der Waals surface area contributed by atoms with Crippen LogP contribution in [-0.4, -0.2) is 21.4 Å². The van der Waals surface area contributed by atoms with Crippen LogP contribution in [-0.2, 0) is 11.3 Å². The van der Waals surface area contributed by atoms with E-state index < -0.39 is 5.91 Å². The molecule has 62 valence electrons. The Hall–Kier alpha value is -1.85. The molecular formula is C6H6N4O2. The Labute approximate surface area is 67.4 Å². The summed E-state index contributed by atoms with van der Waals surface area (Å²) in [5, 5.41) is 2.48. The number of aromatic nitrogens is 2. The predicted octanol–water partition coefficient (Wildman–Crippen LogP) is -1.07. The van der Waals surface area contributed by atoms with E-state index in [2.05, 4.69) is 10.3 Å². The van der Waals surface area contributed by atoms with Crippen molar-refractivity contribution >= 4 is 17.8 Å². The number of fused-ring (bicyclic) bond motifs is 1. The van der Waals surface area contributed by atoms with E-state index in [9.17, 15) is 9.59 Å². The average molecular weight is 166 g/mol. The lowest BCUT2D eigenvalue weighted by Crippen LogP contribution is -2.16. The number of nitrogens with two attached hydrogens (primary N) is 1. The number of anilines is 1. The molecule has 6 nitrogen and oxygen atoms in total. The summed E-state index contributed by atoms with van der Waals surface area (Å²) in [6.45, 7) is 0.119. The number of amides is 2. The fourth-order valence-electron chi connectivity index (χ4n) is 1.14. The van der Waals surface area contributed by atoms with Crippen LogP contribution in [0.1, 0.15) is 10.5 Å². The molecule has 12 heavy (non-hydrogen) atoms. The maximum absolute atomic E-state index is 10.8. The summed E-state index contributed by atoms with van der Waals surface area (Å²) in [4.78, 5) is 25.4. The molecule has 0 unspecified atom stereocenters. The average Bonchev–Trinajstić information content (AvgIpc) is 2.43. The van der Waals surface area contributed by atoms with Gasteiger partial charge in [0.15, 0.2) is 0 Å². The second-order valence-electron chi connectivity index (χ2n) is 2.47. The standard InChI is InChI=1S/C6H6N4O2/c7-5(12)3-1-8-6-9-4(11)2-10(3)6/h1H,2H2,(H2,7,12)(H,8,9,11). The van der Waals surface area contributed by atoms with Gasteiger partial charge >= 0.3 is 0 Å². The van der Waals surface area contributed by atoms with Gasteiger partial charge in [-0.3, -0.25) is 19.5 Å². The molecule has 2 heterocycles. The third-order valence-electron chi connectivity index (χ3n) is 1.66. The number of primary amides is 1. The Morgan fingerprint density at radius 2 is 2.50 bits per heavy atom. The van der Waals surface area contributed by atoms with Gasteiger partial charge in [0.1, 0.15) is 12.2 Å². The molecule has 1 aliphatic heterocycles. The van der Waals surface area contributed by atoms with Crippen LogP contribution in [0, 0.1) is 0 Å². The number of hydrogen-bond acceptors (Lipinski definition) is 3. The van der Waals surface area contributed by atoms with Gasteiger partial charge < -0.3 is 5.73 Å². The zero-order valence-electron chi connectivity index (χ0n) is 6.07.